The molecule has 39 heavy (non-hydrogen) atoms. The van der Waals surface area contributed by atoms with Crippen molar-refractivity contribution in [3.63, 3.8) is 0 Å². The molecule has 1 unspecified atom stereocenters. The molecule has 1 aliphatic heterocycles. The van der Waals surface area contributed by atoms with Crippen LogP contribution in [0.1, 0.15) is 12.0 Å². The van der Waals surface area contributed by atoms with Gasteiger partial charge in [0.25, 0.3) is 0 Å². The van der Waals surface area contributed by atoms with Crippen LogP contribution in [0.5, 0.6) is 28.9 Å². The van der Waals surface area contributed by atoms with Crippen LogP contribution in [0.25, 0.3) is 10.9 Å². The number of amides is 2. The summed E-state index contributed by atoms with van der Waals surface area (Å²) in [6.45, 7) is 2.61. The van der Waals surface area contributed by atoms with Crippen molar-refractivity contribution >= 4 is 22.6 Å². The summed E-state index contributed by atoms with van der Waals surface area (Å²) in [5.41, 5.74) is 2.44. The molecule has 0 spiro atoms. The third-order valence-electron chi connectivity index (χ3n) is 6.60. The summed E-state index contributed by atoms with van der Waals surface area (Å²) in [6, 6.07) is 18.8. The summed E-state index contributed by atoms with van der Waals surface area (Å²) in [7, 11) is 4.67. The first kappa shape index (κ1) is 26.1. The topological polar surface area (TPSA) is 107 Å². The van der Waals surface area contributed by atoms with Gasteiger partial charge in [0.1, 0.15) is 17.8 Å². The van der Waals surface area contributed by atoms with E-state index in [0.717, 1.165) is 26.1 Å². The number of aromatic nitrogens is 2. The van der Waals surface area contributed by atoms with Crippen LogP contribution in [-0.4, -0.2) is 61.4 Å². The molecule has 3 aromatic carbocycles. The van der Waals surface area contributed by atoms with Crippen molar-refractivity contribution in [1.29, 1.82) is 0 Å². The van der Waals surface area contributed by atoms with Crippen molar-refractivity contribution in [2.24, 2.45) is 0 Å². The molecule has 10 heteroatoms. The van der Waals surface area contributed by atoms with Crippen LogP contribution in [0.3, 0.4) is 0 Å². The third-order valence-corrected chi connectivity index (χ3v) is 6.60. The molecule has 0 bridgehead atoms. The van der Waals surface area contributed by atoms with Gasteiger partial charge in [0.05, 0.1) is 37.9 Å². The maximum atomic E-state index is 12.8. The van der Waals surface area contributed by atoms with E-state index in [1.165, 1.54) is 19.0 Å². The predicted octanol–water partition coefficient (Wildman–Crippen LogP) is 4.84. The van der Waals surface area contributed by atoms with Crippen LogP contribution < -0.4 is 29.6 Å². The van der Waals surface area contributed by atoms with Gasteiger partial charge < -0.3 is 29.6 Å². The van der Waals surface area contributed by atoms with E-state index < -0.39 is 0 Å². The fourth-order valence-electron chi connectivity index (χ4n) is 4.67. The van der Waals surface area contributed by atoms with E-state index in [4.69, 9.17) is 18.9 Å². The zero-order valence-corrected chi connectivity index (χ0v) is 22.1. The van der Waals surface area contributed by atoms with Crippen LogP contribution >= 0.6 is 0 Å². The number of carbonyl (C=O) groups excluding carboxylic acids is 1. The number of rotatable bonds is 9. The highest BCUT2D eigenvalue weighted by molar-refractivity contribution is 5.91. The molecular weight excluding hydrogens is 498 g/mol. The number of nitrogens with zero attached hydrogens (tertiary/aromatic N) is 3. The SMILES string of the molecule is COc1cc(Oc2ncnc3cc(OC)c(OC)cc23)ccc1NC(=O)NC1CCN(Cc2ccccc2)C1. The Morgan fingerprint density at radius 3 is 2.49 bits per heavy atom. The van der Waals surface area contributed by atoms with Crippen molar-refractivity contribution in [2.45, 2.75) is 19.0 Å². The maximum absolute atomic E-state index is 12.8. The maximum Gasteiger partial charge on any atom is 0.319 e. The van der Waals surface area contributed by atoms with Gasteiger partial charge in [0.15, 0.2) is 11.5 Å². The smallest absolute Gasteiger partial charge is 0.319 e. The molecule has 0 saturated carbocycles. The highest BCUT2D eigenvalue weighted by Gasteiger charge is 2.24. The molecule has 1 atom stereocenters. The number of carbonyl (C=O) groups is 1. The number of fused-ring (bicyclic) bond motifs is 1. The second kappa shape index (κ2) is 11.9. The van der Waals surface area contributed by atoms with Crippen molar-refractivity contribution in [1.82, 2.24) is 20.2 Å². The second-order valence-corrected chi connectivity index (χ2v) is 9.17. The second-order valence-electron chi connectivity index (χ2n) is 9.17. The molecule has 0 radical (unpaired) electrons. The van der Waals surface area contributed by atoms with E-state index in [-0.39, 0.29) is 12.1 Å². The number of ether oxygens (including phenoxy) is 4. The Bertz CT molecular complexity index is 1450. The van der Waals surface area contributed by atoms with Crippen LogP contribution in [0.2, 0.25) is 0 Å². The minimum Gasteiger partial charge on any atom is -0.494 e. The van der Waals surface area contributed by atoms with Crippen LogP contribution in [0.4, 0.5) is 10.5 Å². The molecule has 1 aromatic heterocycles. The monoisotopic (exact) mass is 529 g/mol. The number of methoxy groups -OCH3 is 3. The molecule has 5 rings (SSSR count). The molecule has 202 valence electrons. The molecule has 2 amide bonds. The van der Waals surface area contributed by atoms with Gasteiger partial charge in [0.2, 0.25) is 5.88 Å². The molecule has 2 heterocycles. The largest absolute Gasteiger partial charge is 0.494 e. The third kappa shape index (κ3) is 6.12. The van der Waals surface area contributed by atoms with Crippen LogP contribution in [-0.2, 0) is 6.54 Å². The van der Waals surface area contributed by atoms with Gasteiger partial charge in [-0.05, 0) is 30.2 Å². The lowest BCUT2D eigenvalue weighted by molar-refractivity contribution is 0.247. The lowest BCUT2D eigenvalue weighted by atomic mass is 10.2. The number of urea groups is 1. The van der Waals surface area contributed by atoms with Gasteiger partial charge in [-0.2, -0.15) is 0 Å². The Labute approximate surface area is 226 Å². The van der Waals surface area contributed by atoms with Crippen molar-refractivity contribution < 1.29 is 23.7 Å². The van der Waals surface area contributed by atoms with E-state index in [1.54, 1.807) is 44.6 Å². The minimum atomic E-state index is -0.281. The Balaban J connectivity index is 1.23. The number of hydrogen-bond acceptors (Lipinski definition) is 8. The zero-order chi connectivity index (χ0) is 27.2. The van der Waals surface area contributed by atoms with Gasteiger partial charge in [-0.1, -0.05) is 30.3 Å². The first-order valence-corrected chi connectivity index (χ1v) is 12.6. The van der Waals surface area contributed by atoms with E-state index >= 15 is 0 Å². The number of likely N-dealkylation sites (tertiary alicyclic amines) is 1. The molecular formula is C29H31N5O5. The van der Waals surface area contributed by atoms with Crippen LogP contribution in [0, 0.1) is 0 Å². The average Bonchev–Trinajstić information content (AvgIpc) is 3.39. The summed E-state index contributed by atoms with van der Waals surface area (Å²) < 4.78 is 22.4. The zero-order valence-electron chi connectivity index (χ0n) is 22.1. The first-order chi connectivity index (χ1) is 19.1. The molecule has 1 fully saturated rings. The molecule has 10 nitrogen and oxygen atoms in total. The Kier molecular flexibility index (Phi) is 7.93. The lowest BCUT2D eigenvalue weighted by Crippen LogP contribution is -2.39. The predicted molar refractivity (Wildman–Crippen MR) is 148 cm³/mol. The van der Waals surface area contributed by atoms with E-state index in [0.29, 0.717) is 45.5 Å². The summed E-state index contributed by atoms with van der Waals surface area (Å²) >= 11 is 0. The molecule has 0 aliphatic carbocycles. The first-order valence-electron chi connectivity index (χ1n) is 12.6. The van der Waals surface area contributed by atoms with E-state index in [9.17, 15) is 4.79 Å². The fraction of sp³-hybridized carbons (Fsp3) is 0.276. The lowest BCUT2D eigenvalue weighted by Gasteiger charge is -2.18. The van der Waals surface area contributed by atoms with Crippen molar-refractivity contribution in [3.8, 4) is 28.9 Å². The van der Waals surface area contributed by atoms with Crippen molar-refractivity contribution in [2.75, 3.05) is 39.7 Å². The van der Waals surface area contributed by atoms with Gasteiger partial charge in [-0.25, -0.2) is 14.8 Å². The molecule has 1 aliphatic rings. The van der Waals surface area contributed by atoms with Crippen LogP contribution in [0.15, 0.2) is 67.0 Å². The highest BCUT2D eigenvalue weighted by atomic mass is 16.5. The van der Waals surface area contributed by atoms with E-state index in [1.807, 2.05) is 18.2 Å². The number of anilines is 1. The molecule has 1 saturated heterocycles. The van der Waals surface area contributed by atoms with E-state index in [2.05, 4.69) is 37.6 Å². The summed E-state index contributed by atoms with van der Waals surface area (Å²) in [4.78, 5) is 23.7. The standard InChI is InChI=1S/C29H31N5O5/c1-36-25-13-21(39-28-22-14-26(37-2)27(38-3)15-24(22)30-18-31-28)9-10-23(25)33-29(35)32-20-11-12-34(17-20)16-19-7-5-4-6-8-19/h4-10,13-15,18,20H,11-12,16-17H2,1-3H3,(H2,32,33,35). The Morgan fingerprint density at radius 2 is 1.72 bits per heavy atom. The normalized spacial score (nSPS) is 15.1. The van der Waals surface area contributed by atoms with Gasteiger partial charge in [-0.3, -0.25) is 4.90 Å². The molecule has 2 N–H and O–H groups in total. The summed E-state index contributed by atoms with van der Waals surface area (Å²) in [5, 5.41) is 6.63. The number of benzene rings is 3. The van der Waals surface area contributed by atoms with Crippen molar-refractivity contribution in [3.05, 3.63) is 72.6 Å². The number of nitrogens with one attached hydrogen (secondary N) is 2. The summed E-state index contributed by atoms with van der Waals surface area (Å²) in [6.07, 6.45) is 2.32. The Hall–Kier alpha value is -4.57. The van der Waals surface area contributed by atoms with Gasteiger partial charge >= 0.3 is 6.03 Å². The van der Waals surface area contributed by atoms with Gasteiger partial charge in [-0.15, -0.1) is 0 Å². The number of hydrogen-bond donors (Lipinski definition) is 2. The highest BCUT2D eigenvalue weighted by Crippen LogP contribution is 2.37. The fourth-order valence-corrected chi connectivity index (χ4v) is 4.67. The Morgan fingerprint density at radius 1 is 0.949 bits per heavy atom. The average molecular weight is 530 g/mol. The quantitative estimate of drug-likeness (QED) is 0.317. The van der Waals surface area contributed by atoms with Gasteiger partial charge in [0, 0.05) is 37.8 Å². The molecule has 4 aromatic rings. The minimum absolute atomic E-state index is 0.0731. The summed E-state index contributed by atoms with van der Waals surface area (Å²) in [5.74, 6) is 2.39.